The van der Waals surface area contributed by atoms with E-state index in [1.54, 1.807) is 11.9 Å². The fourth-order valence-corrected chi connectivity index (χ4v) is 7.80. The molecule has 1 aliphatic heterocycles. The van der Waals surface area contributed by atoms with Crippen LogP contribution < -0.4 is 32.7 Å². The van der Waals surface area contributed by atoms with Gasteiger partial charge in [-0.1, -0.05) is 65.7 Å². The van der Waals surface area contributed by atoms with E-state index in [-0.39, 0.29) is 43.0 Å². The molecule has 3 aliphatic rings. The Balaban J connectivity index is 2.03. The molecule has 0 aromatic rings. The van der Waals surface area contributed by atoms with Crippen molar-refractivity contribution >= 4 is 29.5 Å². The average Bonchev–Trinajstić information content (AvgIpc) is 3.12. The first-order chi connectivity index (χ1) is 25.0. The van der Waals surface area contributed by atoms with Gasteiger partial charge in [0.25, 0.3) is 0 Å². The second-order valence-corrected chi connectivity index (χ2v) is 15.4. The Morgan fingerprint density at radius 3 is 2.00 bits per heavy atom. The summed E-state index contributed by atoms with van der Waals surface area (Å²) in [5, 5.41) is 11.7. The Morgan fingerprint density at radius 1 is 0.731 bits per heavy atom. The molecule has 298 valence electrons. The number of likely N-dealkylation sites (N-methyl/N-ethyl adjacent to an activating group) is 1. The van der Waals surface area contributed by atoms with E-state index in [9.17, 15) is 24.0 Å². The summed E-state index contributed by atoms with van der Waals surface area (Å²) in [4.78, 5) is 74.1. The fraction of sp³-hybridized carbons (Fsp3) is 0.868. The second kappa shape index (κ2) is 22.4. The van der Waals surface area contributed by atoms with Gasteiger partial charge in [-0.2, -0.15) is 0 Å². The van der Waals surface area contributed by atoms with Crippen molar-refractivity contribution in [1.82, 2.24) is 31.1 Å². The molecule has 5 amide bonds. The standard InChI is InChI=1S/C38H70N8O6/c1-6-9-17-32-38(51)45(5)31(14-8-3)36(49)44-33(27-15-12-11-13-16-27)37(50)42-29(22-40)34(47)43-30(24-52-28-19-26(20-28)21-39)35(48)41-25(4)23-46(32)18-10-7-2/h25-33H,6-24,39-40H2,1-5H3,(H,41,48)(H,42,50)(H,43,47)(H,44,49)/t25-,26?,28?,29+,30+,31+,32+,33+/m1/s1. The summed E-state index contributed by atoms with van der Waals surface area (Å²) in [6, 6.07) is -4.77. The van der Waals surface area contributed by atoms with Crippen LogP contribution in [0.4, 0.5) is 0 Å². The van der Waals surface area contributed by atoms with E-state index in [0.29, 0.717) is 44.8 Å². The lowest BCUT2D eigenvalue weighted by molar-refractivity contribution is -0.145. The molecule has 14 nitrogen and oxygen atoms in total. The van der Waals surface area contributed by atoms with Crippen LogP contribution >= 0.6 is 0 Å². The highest BCUT2D eigenvalue weighted by Crippen LogP contribution is 2.29. The van der Waals surface area contributed by atoms with E-state index in [0.717, 1.165) is 70.6 Å². The third kappa shape index (κ3) is 12.7. The number of nitrogens with one attached hydrogen (secondary N) is 4. The molecule has 8 N–H and O–H groups in total. The van der Waals surface area contributed by atoms with Gasteiger partial charge in [-0.15, -0.1) is 0 Å². The molecule has 2 aliphatic carbocycles. The minimum Gasteiger partial charge on any atom is -0.376 e. The Hall–Kier alpha value is -2.81. The van der Waals surface area contributed by atoms with Gasteiger partial charge in [-0.05, 0) is 76.8 Å². The van der Waals surface area contributed by atoms with Crippen LogP contribution in [0.15, 0.2) is 0 Å². The Morgan fingerprint density at radius 2 is 1.38 bits per heavy atom. The van der Waals surface area contributed by atoms with Gasteiger partial charge < -0.3 is 42.4 Å². The zero-order chi connectivity index (χ0) is 38.2. The molecule has 0 bridgehead atoms. The van der Waals surface area contributed by atoms with Crippen molar-refractivity contribution in [3.63, 3.8) is 0 Å². The van der Waals surface area contributed by atoms with E-state index in [1.165, 1.54) is 0 Å². The highest BCUT2D eigenvalue weighted by atomic mass is 16.5. The van der Waals surface area contributed by atoms with E-state index in [4.69, 9.17) is 16.2 Å². The van der Waals surface area contributed by atoms with Crippen molar-refractivity contribution in [2.24, 2.45) is 23.3 Å². The third-order valence-corrected chi connectivity index (χ3v) is 11.2. The highest BCUT2D eigenvalue weighted by molar-refractivity contribution is 5.96. The fourth-order valence-electron chi connectivity index (χ4n) is 7.80. The quantitative estimate of drug-likeness (QED) is 0.153. The number of nitrogens with zero attached hydrogens (tertiary/aromatic N) is 2. The summed E-state index contributed by atoms with van der Waals surface area (Å²) in [6.07, 6.45) is 11.1. The molecule has 0 unspecified atom stereocenters. The number of amides is 5. The van der Waals surface area contributed by atoms with Crippen LogP contribution in [-0.4, -0.2) is 122 Å². The maximum absolute atomic E-state index is 14.5. The van der Waals surface area contributed by atoms with Crippen LogP contribution in [0.1, 0.15) is 118 Å². The van der Waals surface area contributed by atoms with Gasteiger partial charge in [0.15, 0.2) is 0 Å². The van der Waals surface area contributed by atoms with Gasteiger partial charge in [0.05, 0.1) is 18.8 Å². The molecule has 2 saturated carbocycles. The third-order valence-electron chi connectivity index (χ3n) is 11.2. The summed E-state index contributed by atoms with van der Waals surface area (Å²) in [7, 11) is 1.69. The van der Waals surface area contributed by atoms with Crippen molar-refractivity contribution in [2.75, 3.05) is 39.8 Å². The number of hydrogen-bond donors (Lipinski definition) is 6. The lowest BCUT2D eigenvalue weighted by Gasteiger charge is -2.39. The number of nitrogens with two attached hydrogens (primary N) is 2. The Kier molecular flexibility index (Phi) is 18.8. The van der Waals surface area contributed by atoms with Crippen LogP contribution in [0.25, 0.3) is 0 Å². The zero-order valence-corrected chi connectivity index (χ0v) is 32.6. The molecule has 0 radical (unpaired) electrons. The SMILES string of the molecule is CCCC[C@H]1C(=O)N(C)[C@@H](CCC)C(=O)N[C@@H](C2CCCCC2)C(=O)N[C@@H](CN)C(=O)N[C@@H](COC2CC(CN)C2)C(=O)N[C@H](C)CN1CCCC. The summed E-state index contributed by atoms with van der Waals surface area (Å²) in [5.41, 5.74) is 11.9. The van der Waals surface area contributed by atoms with Gasteiger partial charge >= 0.3 is 0 Å². The maximum Gasteiger partial charge on any atom is 0.245 e. The molecule has 14 heteroatoms. The first kappa shape index (κ1) is 43.6. The van der Waals surface area contributed by atoms with Crippen LogP contribution in [-0.2, 0) is 28.7 Å². The van der Waals surface area contributed by atoms with Crippen LogP contribution in [0.5, 0.6) is 0 Å². The van der Waals surface area contributed by atoms with Gasteiger partial charge in [0.2, 0.25) is 29.5 Å². The maximum atomic E-state index is 14.5. The average molecular weight is 735 g/mol. The predicted molar refractivity (Wildman–Crippen MR) is 202 cm³/mol. The van der Waals surface area contributed by atoms with E-state index < -0.39 is 47.9 Å². The van der Waals surface area contributed by atoms with Crippen LogP contribution in [0.3, 0.4) is 0 Å². The molecule has 52 heavy (non-hydrogen) atoms. The number of hydrogen-bond acceptors (Lipinski definition) is 9. The van der Waals surface area contributed by atoms with Gasteiger partial charge in [0, 0.05) is 26.2 Å². The van der Waals surface area contributed by atoms with Crippen molar-refractivity contribution < 1.29 is 28.7 Å². The normalized spacial score (nSPS) is 31.1. The zero-order valence-electron chi connectivity index (χ0n) is 32.6. The molecular weight excluding hydrogens is 664 g/mol. The number of carbonyl (C=O) groups excluding carboxylic acids is 5. The lowest BCUT2D eigenvalue weighted by atomic mass is 9.82. The van der Waals surface area contributed by atoms with Crippen LogP contribution in [0.2, 0.25) is 0 Å². The van der Waals surface area contributed by atoms with E-state index in [1.807, 2.05) is 13.8 Å². The molecular formula is C38H70N8O6. The molecule has 0 spiro atoms. The lowest BCUT2D eigenvalue weighted by Crippen LogP contribution is -2.63. The van der Waals surface area contributed by atoms with E-state index >= 15 is 0 Å². The number of carbonyl (C=O) groups is 5. The summed E-state index contributed by atoms with van der Waals surface area (Å²) in [6.45, 7) is 9.40. The molecule has 3 fully saturated rings. The monoisotopic (exact) mass is 735 g/mol. The molecule has 6 atom stereocenters. The number of ether oxygens (including phenoxy) is 1. The topological polar surface area (TPSA) is 201 Å². The minimum atomic E-state index is -1.15. The van der Waals surface area contributed by atoms with Crippen molar-refractivity contribution in [3.8, 4) is 0 Å². The highest BCUT2D eigenvalue weighted by Gasteiger charge is 2.39. The molecule has 3 rings (SSSR count). The predicted octanol–water partition coefficient (Wildman–Crippen LogP) is 1.54. The largest absolute Gasteiger partial charge is 0.376 e. The van der Waals surface area contributed by atoms with Gasteiger partial charge in [-0.25, -0.2) is 0 Å². The number of unbranched alkanes of at least 4 members (excludes halogenated alkanes) is 2. The summed E-state index contributed by atoms with van der Waals surface area (Å²) >= 11 is 0. The van der Waals surface area contributed by atoms with E-state index in [2.05, 4.69) is 40.0 Å². The first-order valence-corrected chi connectivity index (χ1v) is 20.2. The minimum absolute atomic E-state index is 0.0565. The smallest absolute Gasteiger partial charge is 0.245 e. The molecule has 0 aromatic carbocycles. The van der Waals surface area contributed by atoms with Crippen LogP contribution in [0, 0.1) is 11.8 Å². The number of rotatable bonds is 14. The Labute approximate surface area is 312 Å². The van der Waals surface area contributed by atoms with Gasteiger partial charge in [-0.3, -0.25) is 28.9 Å². The second-order valence-electron chi connectivity index (χ2n) is 15.4. The molecule has 1 saturated heterocycles. The van der Waals surface area contributed by atoms with Crippen molar-refractivity contribution in [2.45, 2.75) is 160 Å². The Bertz CT molecular complexity index is 1150. The first-order valence-electron chi connectivity index (χ1n) is 20.2. The summed E-state index contributed by atoms with van der Waals surface area (Å²) in [5.74, 6) is -1.80. The molecule has 1 heterocycles. The van der Waals surface area contributed by atoms with Crippen molar-refractivity contribution in [3.05, 3.63) is 0 Å². The van der Waals surface area contributed by atoms with Gasteiger partial charge in [0.1, 0.15) is 24.2 Å². The summed E-state index contributed by atoms with van der Waals surface area (Å²) < 4.78 is 6.07. The molecule has 0 aromatic heterocycles. The van der Waals surface area contributed by atoms with Crippen molar-refractivity contribution in [1.29, 1.82) is 0 Å².